The predicted octanol–water partition coefficient (Wildman–Crippen LogP) is 4.32. The summed E-state index contributed by atoms with van der Waals surface area (Å²) in [5.74, 6) is 0. The lowest BCUT2D eigenvalue weighted by molar-refractivity contribution is 0.727. The van der Waals surface area contributed by atoms with Gasteiger partial charge in [-0.25, -0.2) is 0 Å². The molecule has 0 spiro atoms. The highest BCUT2D eigenvalue weighted by Gasteiger charge is 2.07. The van der Waals surface area contributed by atoms with Crippen LogP contribution in [0.3, 0.4) is 0 Å². The Morgan fingerprint density at radius 1 is 1.05 bits per heavy atom. The van der Waals surface area contributed by atoms with Crippen LogP contribution in [0.1, 0.15) is 18.1 Å². The van der Waals surface area contributed by atoms with Gasteiger partial charge in [-0.3, -0.25) is 4.98 Å². The average molecular weight is 276 g/mol. The number of benzene rings is 2. The van der Waals surface area contributed by atoms with E-state index in [-0.39, 0.29) is 0 Å². The molecule has 3 aromatic rings. The second kappa shape index (κ2) is 6.06. The van der Waals surface area contributed by atoms with Crippen molar-refractivity contribution in [3.8, 4) is 11.1 Å². The Labute approximate surface area is 125 Å². The Kier molecular flexibility index (Phi) is 3.98. The van der Waals surface area contributed by atoms with Crippen LogP contribution in [0.25, 0.3) is 21.9 Å². The molecule has 0 amide bonds. The van der Waals surface area contributed by atoms with Crippen molar-refractivity contribution in [1.82, 2.24) is 10.3 Å². The first kappa shape index (κ1) is 13.8. The van der Waals surface area contributed by atoms with Gasteiger partial charge in [-0.05, 0) is 53.2 Å². The van der Waals surface area contributed by atoms with Crippen molar-refractivity contribution in [2.24, 2.45) is 0 Å². The second-order valence-electron chi connectivity index (χ2n) is 5.33. The second-order valence-corrected chi connectivity index (χ2v) is 5.33. The fraction of sp³-hybridized carbons (Fsp3) is 0.211. The fourth-order valence-corrected chi connectivity index (χ4v) is 2.69. The summed E-state index contributed by atoms with van der Waals surface area (Å²) in [6.45, 7) is 6.20. The van der Waals surface area contributed by atoms with Crippen molar-refractivity contribution >= 4 is 10.8 Å². The Morgan fingerprint density at radius 3 is 2.81 bits per heavy atom. The van der Waals surface area contributed by atoms with Crippen molar-refractivity contribution in [3.63, 3.8) is 0 Å². The summed E-state index contributed by atoms with van der Waals surface area (Å²) in [7, 11) is 0. The summed E-state index contributed by atoms with van der Waals surface area (Å²) in [6.07, 6.45) is 3.81. The third-order valence-corrected chi connectivity index (χ3v) is 3.85. The lowest BCUT2D eigenvalue weighted by atomic mass is 9.94. The minimum Gasteiger partial charge on any atom is -0.313 e. The smallest absolute Gasteiger partial charge is 0.0352 e. The third-order valence-electron chi connectivity index (χ3n) is 3.85. The Hall–Kier alpha value is -2.19. The van der Waals surface area contributed by atoms with Gasteiger partial charge in [0.1, 0.15) is 0 Å². The van der Waals surface area contributed by atoms with E-state index in [1.54, 1.807) is 0 Å². The van der Waals surface area contributed by atoms with Crippen molar-refractivity contribution in [2.45, 2.75) is 20.4 Å². The van der Waals surface area contributed by atoms with Crippen LogP contribution in [0.15, 0.2) is 54.9 Å². The zero-order chi connectivity index (χ0) is 14.7. The van der Waals surface area contributed by atoms with Crippen molar-refractivity contribution < 1.29 is 0 Å². The predicted molar refractivity (Wildman–Crippen MR) is 89.3 cm³/mol. The Morgan fingerprint density at radius 2 is 1.95 bits per heavy atom. The minimum absolute atomic E-state index is 0.910. The van der Waals surface area contributed by atoms with Crippen LogP contribution < -0.4 is 5.32 Å². The number of aromatic nitrogens is 1. The highest BCUT2D eigenvalue weighted by atomic mass is 14.8. The highest BCUT2D eigenvalue weighted by Crippen LogP contribution is 2.31. The van der Waals surface area contributed by atoms with Gasteiger partial charge in [-0.1, -0.05) is 37.3 Å². The molecule has 0 radical (unpaired) electrons. The Balaban J connectivity index is 2.13. The van der Waals surface area contributed by atoms with E-state index in [0.717, 1.165) is 13.1 Å². The molecule has 1 heterocycles. The Bertz CT molecular complexity index is 757. The van der Waals surface area contributed by atoms with E-state index in [0.29, 0.717) is 0 Å². The number of hydrogen-bond acceptors (Lipinski definition) is 2. The number of hydrogen-bond donors (Lipinski definition) is 1. The molecule has 2 nitrogen and oxygen atoms in total. The molecule has 0 aliphatic carbocycles. The highest BCUT2D eigenvalue weighted by molar-refractivity contribution is 5.96. The number of nitrogens with zero attached hydrogens (tertiary/aromatic N) is 1. The molecule has 0 saturated heterocycles. The molecule has 0 bridgehead atoms. The van der Waals surface area contributed by atoms with Crippen LogP contribution in [-0.2, 0) is 6.54 Å². The van der Waals surface area contributed by atoms with Crippen molar-refractivity contribution in [1.29, 1.82) is 0 Å². The third kappa shape index (κ3) is 2.81. The molecule has 1 aromatic heterocycles. The van der Waals surface area contributed by atoms with Gasteiger partial charge in [0, 0.05) is 24.3 Å². The lowest BCUT2D eigenvalue weighted by Crippen LogP contribution is -2.11. The van der Waals surface area contributed by atoms with Crippen LogP contribution in [-0.4, -0.2) is 11.5 Å². The summed E-state index contributed by atoms with van der Waals surface area (Å²) >= 11 is 0. The summed E-state index contributed by atoms with van der Waals surface area (Å²) in [4.78, 5) is 4.29. The van der Waals surface area contributed by atoms with Crippen LogP contribution in [0.4, 0.5) is 0 Å². The van der Waals surface area contributed by atoms with Gasteiger partial charge < -0.3 is 5.32 Å². The molecule has 2 aromatic carbocycles. The van der Waals surface area contributed by atoms with Crippen LogP contribution >= 0.6 is 0 Å². The molecule has 2 heteroatoms. The molecule has 21 heavy (non-hydrogen) atoms. The normalized spacial score (nSPS) is 11.0. The zero-order valence-corrected chi connectivity index (χ0v) is 12.6. The maximum atomic E-state index is 4.29. The molecule has 0 atom stereocenters. The quantitative estimate of drug-likeness (QED) is 0.767. The van der Waals surface area contributed by atoms with E-state index in [2.05, 4.69) is 66.6 Å². The average Bonchev–Trinajstić information content (AvgIpc) is 2.54. The molecule has 0 saturated carbocycles. The lowest BCUT2D eigenvalue weighted by Gasteiger charge is -2.12. The monoisotopic (exact) mass is 276 g/mol. The maximum Gasteiger partial charge on any atom is 0.0352 e. The maximum absolute atomic E-state index is 4.29. The van der Waals surface area contributed by atoms with Gasteiger partial charge in [0.2, 0.25) is 0 Å². The van der Waals surface area contributed by atoms with E-state index in [1.165, 1.54) is 33.0 Å². The molecular formula is C19H20N2. The summed E-state index contributed by atoms with van der Waals surface area (Å²) in [6, 6.07) is 15.2. The largest absolute Gasteiger partial charge is 0.313 e. The van der Waals surface area contributed by atoms with E-state index >= 15 is 0 Å². The van der Waals surface area contributed by atoms with Gasteiger partial charge in [0.15, 0.2) is 0 Å². The van der Waals surface area contributed by atoms with E-state index in [9.17, 15) is 0 Å². The first-order valence-electron chi connectivity index (χ1n) is 7.43. The van der Waals surface area contributed by atoms with Gasteiger partial charge in [-0.2, -0.15) is 0 Å². The van der Waals surface area contributed by atoms with E-state index < -0.39 is 0 Å². The standard InChI is InChI=1S/C19H20N2/c1-3-20-12-15-8-7-14(2)18(11-15)17-6-4-5-16-9-10-21-13-19(16)17/h4-11,13,20H,3,12H2,1-2H3. The van der Waals surface area contributed by atoms with Gasteiger partial charge in [0.25, 0.3) is 0 Å². The molecule has 0 unspecified atom stereocenters. The number of fused-ring (bicyclic) bond motifs is 1. The first-order chi connectivity index (χ1) is 10.3. The van der Waals surface area contributed by atoms with Crippen LogP contribution in [0, 0.1) is 6.92 Å². The van der Waals surface area contributed by atoms with Crippen LogP contribution in [0.2, 0.25) is 0 Å². The van der Waals surface area contributed by atoms with E-state index in [4.69, 9.17) is 0 Å². The molecular weight excluding hydrogens is 256 g/mol. The van der Waals surface area contributed by atoms with Crippen molar-refractivity contribution in [2.75, 3.05) is 6.54 Å². The molecule has 0 aliphatic heterocycles. The summed E-state index contributed by atoms with van der Waals surface area (Å²) < 4.78 is 0. The molecule has 1 N–H and O–H groups in total. The van der Waals surface area contributed by atoms with Crippen molar-refractivity contribution in [3.05, 3.63) is 66.0 Å². The zero-order valence-electron chi connectivity index (χ0n) is 12.6. The molecule has 0 fully saturated rings. The van der Waals surface area contributed by atoms with Gasteiger partial charge in [-0.15, -0.1) is 0 Å². The van der Waals surface area contributed by atoms with E-state index in [1.807, 2.05) is 12.4 Å². The van der Waals surface area contributed by atoms with Gasteiger partial charge in [0.05, 0.1) is 0 Å². The number of nitrogens with one attached hydrogen (secondary N) is 1. The van der Waals surface area contributed by atoms with Crippen LogP contribution in [0.5, 0.6) is 0 Å². The first-order valence-corrected chi connectivity index (χ1v) is 7.43. The topological polar surface area (TPSA) is 24.9 Å². The number of aryl methyl sites for hydroxylation is 1. The molecule has 106 valence electrons. The fourth-order valence-electron chi connectivity index (χ4n) is 2.69. The van der Waals surface area contributed by atoms with Gasteiger partial charge >= 0.3 is 0 Å². The molecule has 3 rings (SSSR count). The molecule has 0 aliphatic rings. The summed E-state index contributed by atoms with van der Waals surface area (Å²) in [5.41, 5.74) is 5.17. The summed E-state index contributed by atoms with van der Waals surface area (Å²) in [5, 5.41) is 5.83. The minimum atomic E-state index is 0.910. The number of rotatable bonds is 4. The number of pyridine rings is 1. The SMILES string of the molecule is CCNCc1ccc(C)c(-c2cccc3ccncc23)c1.